The number of nitrogens with zero attached hydrogens (tertiary/aromatic N) is 3. The largest absolute Gasteiger partial charge is 0.341 e. The summed E-state index contributed by atoms with van der Waals surface area (Å²) in [6.45, 7) is 1.61. The number of fused-ring (bicyclic) bond motifs is 1. The van der Waals surface area contributed by atoms with Gasteiger partial charge in [0.1, 0.15) is 0 Å². The van der Waals surface area contributed by atoms with Crippen LogP contribution in [0.4, 0.5) is 0 Å². The summed E-state index contributed by atoms with van der Waals surface area (Å²) >= 11 is 3.41. The molecule has 0 unspecified atom stereocenters. The topological polar surface area (TPSA) is 47.8 Å². The van der Waals surface area contributed by atoms with Crippen molar-refractivity contribution in [2.75, 3.05) is 0 Å². The van der Waals surface area contributed by atoms with E-state index in [4.69, 9.17) is 0 Å². The zero-order valence-electron chi connectivity index (χ0n) is 14.4. The van der Waals surface area contributed by atoms with Crippen LogP contribution in [0.25, 0.3) is 22.4 Å². The van der Waals surface area contributed by atoms with E-state index < -0.39 is 0 Å². The molecule has 1 aliphatic rings. The molecule has 2 heterocycles. The molecule has 0 aliphatic heterocycles. The van der Waals surface area contributed by atoms with E-state index in [1.807, 2.05) is 19.2 Å². The Balaban J connectivity index is 2.01. The summed E-state index contributed by atoms with van der Waals surface area (Å²) in [6.07, 6.45) is 8.54. The van der Waals surface area contributed by atoms with Crippen LogP contribution in [0.2, 0.25) is 0 Å². The van der Waals surface area contributed by atoms with E-state index in [1.165, 1.54) is 36.6 Å². The van der Waals surface area contributed by atoms with Crippen molar-refractivity contribution >= 4 is 32.6 Å². The van der Waals surface area contributed by atoms with E-state index in [1.54, 1.807) is 19.3 Å². The molecule has 5 heteroatoms. The van der Waals surface area contributed by atoms with Crippen molar-refractivity contribution < 1.29 is 4.79 Å². The Morgan fingerprint density at radius 2 is 1.88 bits per heavy atom. The summed E-state index contributed by atoms with van der Waals surface area (Å²) in [5.41, 5.74) is 4.24. The van der Waals surface area contributed by atoms with Crippen LogP contribution in [0.5, 0.6) is 0 Å². The third kappa shape index (κ3) is 2.80. The molecule has 4 rings (SSSR count). The zero-order chi connectivity index (χ0) is 17.6. The molecule has 0 radical (unpaired) electrons. The second-order valence-corrected chi connectivity index (χ2v) is 7.73. The summed E-state index contributed by atoms with van der Waals surface area (Å²) in [6, 6.07) is 6.04. The molecular weight excluding hydrogens is 378 g/mol. The van der Waals surface area contributed by atoms with E-state index >= 15 is 0 Å². The van der Waals surface area contributed by atoms with Gasteiger partial charge in [0.05, 0.1) is 10.2 Å². The van der Waals surface area contributed by atoms with Crippen molar-refractivity contribution in [3.63, 3.8) is 0 Å². The van der Waals surface area contributed by atoms with Crippen LogP contribution in [0.15, 0.2) is 35.1 Å². The number of aryl methyl sites for hydroxylation is 1. The maximum absolute atomic E-state index is 11.8. The molecule has 25 heavy (non-hydrogen) atoms. The monoisotopic (exact) mass is 397 g/mol. The van der Waals surface area contributed by atoms with Crippen molar-refractivity contribution in [1.82, 2.24) is 14.5 Å². The molecule has 1 fully saturated rings. The number of ketones is 1. The Labute approximate surface area is 155 Å². The molecular formula is C20H20BrN3O. The Bertz CT molecular complexity index is 953. The average Bonchev–Trinajstić information content (AvgIpc) is 3.22. The minimum Gasteiger partial charge on any atom is -0.341 e. The predicted octanol–water partition coefficient (Wildman–Crippen LogP) is 5.26. The van der Waals surface area contributed by atoms with E-state index in [0.717, 1.165) is 27.1 Å². The van der Waals surface area contributed by atoms with Gasteiger partial charge in [-0.2, -0.15) is 0 Å². The van der Waals surface area contributed by atoms with Crippen LogP contribution in [0.3, 0.4) is 0 Å². The highest BCUT2D eigenvalue weighted by atomic mass is 79.9. The fourth-order valence-electron chi connectivity index (χ4n) is 4.02. The SMILES string of the molecule is CC(=O)c1ccc2c(C3CCCC3)c(-c3ncc(Br)cn3)n(C)c2c1. The molecule has 0 atom stereocenters. The minimum atomic E-state index is 0.0898. The van der Waals surface area contributed by atoms with Crippen molar-refractivity contribution in [2.24, 2.45) is 7.05 Å². The lowest BCUT2D eigenvalue weighted by molar-refractivity contribution is 0.101. The Kier molecular flexibility index (Phi) is 4.20. The van der Waals surface area contributed by atoms with Gasteiger partial charge in [-0.05, 0) is 53.2 Å². The van der Waals surface area contributed by atoms with Gasteiger partial charge in [-0.1, -0.05) is 25.0 Å². The molecule has 2 aromatic heterocycles. The third-order valence-corrected chi connectivity index (χ3v) is 5.65. The lowest BCUT2D eigenvalue weighted by Gasteiger charge is -2.12. The number of benzene rings is 1. The van der Waals surface area contributed by atoms with Crippen molar-refractivity contribution in [1.29, 1.82) is 0 Å². The lowest BCUT2D eigenvalue weighted by Crippen LogP contribution is -2.01. The number of halogens is 1. The predicted molar refractivity (Wildman–Crippen MR) is 103 cm³/mol. The zero-order valence-corrected chi connectivity index (χ0v) is 16.0. The number of hydrogen-bond donors (Lipinski definition) is 0. The maximum atomic E-state index is 11.8. The number of hydrogen-bond acceptors (Lipinski definition) is 3. The molecule has 1 aliphatic carbocycles. The number of Topliss-reactive ketones (excluding diaryl/α,β-unsaturated/α-hetero) is 1. The first-order valence-electron chi connectivity index (χ1n) is 8.67. The van der Waals surface area contributed by atoms with Gasteiger partial charge < -0.3 is 4.57 Å². The highest BCUT2D eigenvalue weighted by Crippen LogP contribution is 2.43. The minimum absolute atomic E-state index is 0.0898. The summed E-state index contributed by atoms with van der Waals surface area (Å²) in [4.78, 5) is 20.9. The number of carbonyl (C=O) groups excluding carboxylic acids is 1. The third-order valence-electron chi connectivity index (χ3n) is 5.24. The van der Waals surface area contributed by atoms with Crippen LogP contribution in [0.1, 0.15) is 54.4 Å². The molecule has 0 spiro atoms. The molecule has 0 bridgehead atoms. The maximum Gasteiger partial charge on any atom is 0.176 e. The van der Waals surface area contributed by atoms with Gasteiger partial charge in [0, 0.05) is 35.9 Å². The first kappa shape index (κ1) is 16.5. The number of carbonyl (C=O) groups is 1. The molecule has 0 amide bonds. The van der Waals surface area contributed by atoms with Crippen molar-refractivity contribution in [2.45, 2.75) is 38.5 Å². The second kappa shape index (κ2) is 6.37. The smallest absolute Gasteiger partial charge is 0.176 e. The van der Waals surface area contributed by atoms with Gasteiger partial charge in [0.25, 0.3) is 0 Å². The van der Waals surface area contributed by atoms with Gasteiger partial charge in [0.15, 0.2) is 11.6 Å². The van der Waals surface area contributed by atoms with E-state index in [2.05, 4.69) is 36.5 Å². The Morgan fingerprint density at radius 1 is 1.20 bits per heavy atom. The molecule has 1 saturated carbocycles. The molecule has 3 aromatic rings. The van der Waals surface area contributed by atoms with Gasteiger partial charge in [-0.3, -0.25) is 4.79 Å². The molecule has 0 N–H and O–H groups in total. The van der Waals surface area contributed by atoms with Gasteiger partial charge in [0.2, 0.25) is 0 Å². The van der Waals surface area contributed by atoms with Gasteiger partial charge >= 0.3 is 0 Å². The highest BCUT2D eigenvalue weighted by molar-refractivity contribution is 9.10. The Morgan fingerprint density at radius 3 is 2.52 bits per heavy atom. The fraction of sp³-hybridized carbons (Fsp3) is 0.350. The van der Waals surface area contributed by atoms with Crippen LogP contribution in [-0.4, -0.2) is 20.3 Å². The number of rotatable bonds is 3. The molecule has 4 nitrogen and oxygen atoms in total. The van der Waals surface area contributed by atoms with Gasteiger partial charge in [-0.15, -0.1) is 0 Å². The van der Waals surface area contributed by atoms with Crippen LogP contribution in [0, 0.1) is 0 Å². The fourth-order valence-corrected chi connectivity index (χ4v) is 4.22. The summed E-state index contributed by atoms with van der Waals surface area (Å²) in [7, 11) is 2.05. The number of aromatic nitrogens is 3. The van der Waals surface area contributed by atoms with E-state index in [9.17, 15) is 4.79 Å². The van der Waals surface area contributed by atoms with Crippen LogP contribution in [-0.2, 0) is 7.05 Å². The normalized spacial score (nSPS) is 15.2. The average molecular weight is 398 g/mol. The van der Waals surface area contributed by atoms with E-state index in [-0.39, 0.29) is 5.78 Å². The van der Waals surface area contributed by atoms with Crippen molar-refractivity contribution in [3.8, 4) is 11.5 Å². The lowest BCUT2D eigenvalue weighted by atomic mass is 9.93. The summed E-state index contributed by atoms with van der Waals surface area (Å²) in [5, 5.41) is 1.22. The first-order valence-corrected chi connectivity index (χ1v) is 9.46. The highest BCUT2D eigenvalue weighted by Gasteiger charge is 2.27. The standard InChI is InChI=1S/C20H20BrN3O/c1-12(25)14-7-8-16-17(9-14)24(2)19(18(16)13-5-3-4-6-13)20-22-10-15(21)11-23-20/h7-11,13H,3-6H2,1-2H3. The molecule has 128 valence electrons. The van der Waals surface area contributed by atoms with Crippen molar-refractivity contribution in [3.05, 3.63) is 46.2 Å². The second-order valence-electron chi connectivity index (χ2n) is 6.82. The molecule has 0 saturated heterocycles. The van der Waals surface area contributed by atoms with Gasteiger partial charge in [-0.25, -0.2) is 9.97 Å². The summed E-state index contributed by atoms with van der Waals surface area (Å²) < 4.78 is 3.02. The Hall–Kier alpha value is -2.01. The molecule has 1 aromatic carbocycles. The van der Waals surface area contributed by atoms with Crippen LogP contribution < -0.4 is 0 Å². The first-order chi connectivity index (χ1) is 12.1. The van der Waals surface area contributed by atoms with E-state index in [0.29, 0.717) is 5.92 Å². The quantitative estimate of drug-likeness (QED) is 0.566. The summed E-state index contributed by atoms with van der Waals surface area (Å²) in [5.74, 6) is 1.37. The van der Waals surface area contributed by atoms with Crippen LogP contribution >= 0.6 is 15.9 Å².